The molecule has 0 fully saturated rings. The Morgan fingerprint density at radius 2 is 2.00 bits per heavy atom. The monoisotopic (exact) mass is 290 g/mol. The third-order valence-electron chi connectivity index (χ3n) is 4.34. The van der Waals surface area contributed by atoms with E-state index in [4.69, 9.17) is 4.74 Å². The van der Waals surface area contributed by atoms with Crippen LogP contribution >= 0.6 is 0 Å². The summed E-state index contributed by atoms with van der Waals surface area (Å²) in [6.45, 7) is 15.3. The first kappa shape index (κ1) is 16.3. The van der Waals surface area contributed by atoms with E-state index in [1.807, 2.05) is 0 Å². The predicted octanol–water partition coefficient (Wildman–Crippen LogP) is 3.53. The summed E-state index contributed by atoms with van der Waals surface area (Å²) in [5, 5.41) is 3.74. The second-order valence-electron chi connectivity index (χ2n) is 6.64. The highest BCUT2D eigenvalue weighted by Crippen LogP contribution is 2.39. The smallest absolute Gasteiger partial charge is 0.124 e. The first-order valence-electron chi connectivity index (χ1n) is 8.20. The fraction of sp³-hybridized carbons (Fsp3) is 0.667. The van der Waals surface area contributed by atoms with Crippen LogP contribution in [0.25, 0.3) is 0 Å². The van der Waals surface area contributed by atoms with Crippen LogP contribution in [0.5, 0.6) is 5.75 Å². The van der Waals surface area contributed by atoms with E-state index in [2.05, 4.69) is 63.0 Å². The highest BCUT2D eigenvalue weighted by Gasteiger charge is 2.33. The summed E-state index contributed by atoms with van der Waals surface area (Å²) in [6, 6.07) is 6.90. The van der Waals surface area contributed by atoms with Gasteiger partial charge in [0, 0.05) is 31.1 Å². The largest absolute Gasteiger partial charge is 0.487 e. The van der Waals surface area contributed by atoms with Gasteiger partial charge in [0.15, 0.2) is 0 Å². The van der Waals surface area contributed by atoms with Gasteiger partial charge in [-0.05, 0) is 39.9 Å². The van der Waals surface area contributed by atoms with E-state index >= 15 is 0 Å². The molecule has 0 amide bonds. The Morgan fingerprint density at radius 3 is 2.67 bits per heavy atom. The molecule has 1 N–H and O–H groups in total. The molecule has 0 bridgehead atoms. The van der Waals surface area contributed by atoms with Crippen molar-refractivity contribution in [1.29, 1.82) is 0 Å². The summed E-state index contributed by atoms with van der Waals surface area (Å²) in [4.78, 5) is 2.45. The van der Waals surface area contributed by atoms with Gasteiger partial charge < -0.3 is 15.0 Å². The van der Waals surface area contributed by atoms with Crippen LogP contribution in [-0.4, -0.2) is 36.7 Å². The first-order chi connectivity index (χ1) is 9.95. The van der Waals surface area contributed by atoms with Gasteiger partial charge in [-0.1, -0.05) is 31.5 Å². The molecule has 3 heteroatoms. The average molecular weight is 290 g/mol. The van der Waals surface area contributed by atoms with Crippen molar-refractivity contribution in [2.45, 2.75) is 52.7 Å². The number of hydrogen-bond donors (Lipinski definition) is 1. The zero-order valence-corrected chi connectivity index (χ0v) is 14.2. The van der Waals surface area contributed by atoms with Gasteiger partial charge in [0.2, 0.25) is 0 Å². The van der Waals surface area contributed by atoms with Crippen LogP contribution in [0.15, 0.2) is 18.2 Å². The van der Waals surface area contributed by atoms with Gasteiger partial charge >= 0.3 is 0 Å². The molecule has 1 aliphatic rings. The molecule has 1 atom stereocenters. The van der Waals surface area contributed by atoms with Crippen LogP contribution in [0.4, 0.5) is 0 Å². The van der Waals surface area contributed by atoms with Crippen molar-refractivity contribution in [2.24, 2.45) is 0 Å². The molecule has 1 aromatic rings. The maximum absolute atomic E-state index is 6.12. The molecule has 0 radical (unpaired) electrons. The Labute approximate surface area is 129 Å². The zero-order chi connectivity index (χ0) is 15.5. The molecular formula is C18H30N2O. The third kappa shape index (κ3) is 4.21. The molecule has 1 aromatic carbocycles. The summed E-state index contributed by atoms with van der Waals surface area (Å²) in [6.07, 6.45) is 1.02. The number of fused-ring (bicyclic) bond motifs is 1. The van der Waals surface area contributed by atoms with Crippen molar-refractivity contribution in [3.05, 3.63) is 29.3 Å². The van der Waals surface area contributed by atoms with Crippen LogP contribution in [0, 0.1) is 6.92 Å². The number of likely N-dealkylation sites (N-methyl/N-ethyl adjacent to an activating group) is 1. The van der Waals surface area contributed by atoms with E-state index < -0.39 is 0 Å². The average Bonchev–Trinajstić information content (AvgIpc) is 2.43. The Kier molecular flexibility index (Phi) is 5.28. The maximum atomic E-state index is 6.12. The summed E-state index contributed by atoms with van der Waals surface area (Å²) in [5.41, 5.74) is 2.51. The molecule has 2 rings (SSSR count). The van der Waals surface area contributed by atoms with E-state index in [0.29, 0.717) is 6.04 Å². The van der Waals surface area contributed by atoms with Gasteiger partial charge in [-0.25, -0.2) is 0 Å². The second-order valence-corrected chi connectivity index (χ2v) is 6.64. The fourth-order valence-corrected chi connectivity index (χ4v) is 3.09. The lowest BCUT2D eigenvalue weighted by molar-refractivity contribution is 0.0655. The summed E-state index contributed by atoms with van der Waals surface area (Å²) < 4.78 is 6.12. The van der Waals surface area contributed by atoms with Crippen molar-refractivity contribution >= 4 is 0 Å². The van der Waals surface area contributed by atoms with Gasteiger partial charge in [-0.2, -0.15) is 0 Å². The topological polar surface area (TPSA) is 24.5 Å². The first-order valence-corrected chi connectivity index (χ1v) is 8.20. The fourth-order valence-electron chi connectivity index (χ4n) is 3.09. The molecule has 0 saturated heterocycles. The molecule has 0 saturated carbocycles. The summed E-state index contributed by atoms with van der Waals surface area (Å²) >= 11 is 0. The van der Waals surface area contributed by atoms with E-state index in [1.54, 1.807) is 0 Å². The van der Waals surface area contributed by atoms with E-state index in [-0.39, 0.29) is 5.60 Å². The van der Waals surface area contributed by atoms with E-state index in [1.165, 1.54) is 11.1 Å². The number of hydrogen-bond acceptors (Lipinski definition) is 3. The number of nitrogens with one attached hydrogen (secondary N) is 1. The molecule has 118 valence electrons. The summed E-state index contributed by atoms with van der Waals surface area (Å²) in [5.74, 6) is 1.04. The van der Waals surface area contributed by atoms with Crippen molar-refractivity contribution in [1.82, 2.24) is 10.2 Å². The van der Waals surface area contributed by atoms with Crippen LogP contribution in [0.2, 0.25) is 0 Å². The van der Waals surface area contributed by atoms with Crippen molar-refractivity contribution in [2.75, 3.05) is 26.2 Å². The minimum absolute atomic E-state index is 0.102. The van der Waals surface area contributed by atoms with Gasteiger partial charge in [0.25, 0.3) is 0 Å². The quantitative estimate of drug-likeness (QED) is 0.867. The number of nitrogens with zero attached hydrogens (tertiary/aromatic N) is 1. The molecule has 1 unspecified atom stereocenters. The molecule has 3 nitrogen and oxygen atoms in total. The molecule has 0 aromatic heterocycles. The SMILES string of the molecule is CCN(CC)CCNC1CC(C)(C)Oc2ccc(C)cc21. The highest BCUT2D eigenvalue weighted by molar-refractivity contribution is 5.41. The lowest BCUT2D eigenvalue weighted by atomic mass is 9.89. The van der Waals surface area contributed by atoms with Gasteiger partial charge in [-0.3, -0.25) is 0 Å². The van der Waals surface area contributed by atoms with E-state index in [0.717, 1.165) is 38.3 Å². The maximum Gasteiger partial charge on any atom is 0.124 e. The van der Waals surface area contributed by atoms with Gasteiger partial charge in [0.1, 0.15) is 11.4 Å². The molecule has 21 heavy (non-hydrogen) atoms. The van der Waals surface area contributed by atoms with Crippen LogP contribution in [-0.2, 0) is 0 Å². The lowest BCUT2D eigenvalue weighted by Crippen LogP contribution is -2.41. The number of aryl methyl sites for hydroxylation is 1. The Morgan fingerprint density at radius 1 is 1.29 bits per heavy atom. The molecule has 1 heterocycles. The van der Waals surface area contributed by atoms with Gasteiger partial charge in [-0.15, -0.1) is 0 Å². The molecule has 0 spiro atoms. The zero-order valence-electron chi connectivity index (χ0n) is 14.2. The number of rotatable bonds is 6. The van der Waals surface area contributed by atoms with Crippen LogP contribution < -0.4 is 10.1 Å². The predicted molar refractivity (Wildman–Crippen MR) is 89.0 cm³/mol. The van der Waals surface area contributed by atoms with Crippen molar-refractivity contribution in [3.63, 3.8) is 0 Å². The highest BCUT2D eigenvalue weighted by atomic mass is 16.5. The summed E-state index contributed by atoms with van der Waals surface area (Å²) in [7, 11) is 0. The third-order valence-corrected chi connectivity index (χ3v) is 4.34. The molecule has 1 aliphatic heterocycles. The minimum atomic E-state index is -0.102. The minimum Gasteiger partial charge on any atom is -0.487 e. The second kappa shape index (κ2) is 6.80. The van der Waals surface area contributed by atoms with Crippen molar-refractivity contribution in [3.8, 4) is 5.75 Å². The van der Waals surface area contributed by atoms with E-state index in [9.17, 15) is 0 Å². The standard InChI is InChI=1S/C18H30N2O/c1-6-20(7-2)11-10-19-16-13-18(4,5)21-17-9-8-14(3)12-15(16)17/h8-9,12,16,19H,6-7,10-11,13H2,1-5H3. The Bertz CT molecular complexity index is 466. The normalized spacial score (nSPS) is 20.2. The van der Waals surface area contributed by atoms with Crippen LogP contribution in [0.1, 0.15) is 51.3 Å². The van der Waals surface area contributed by atoms with Crippen molar-refractivity contribution < 1.29 is 4.74 Å². The number of benzene rings is 1. The number of ether oxygens (including phenoxy) is 1. The Balaban J connectivity index is 2.07. The van der Waals surface area contributed by atoms with Crippen LogP contribution in [0.3, 0.4) is 0 Å². The lowest BCUT2D eigenvalue weighted by Gasteiger charge is -2.38. The molecule has 0 aliphatic carbocycles. The molecular weight excluding hydrogens is 260 g/mol. The Hall–Kier alpha value is -1.06. The van der Waals surface area contributed by atoms with Gasteiger partial charge in [0.05, 0.1) is 0 Å².